The van der Waals surface area contributed by atoms with Crippen molar-refractivity contribution in [2.24, 2.45) is 5.92 Å². The maximum absolute atomic E-state index is 5.01. The first-order valence-corrected chi connectivity index (χ1v) is 9.15. The fourth-order valence-corrected chi connectivity index (χ4v) is 4.28. The molecule has 1 aliphatic rings. The van der Waals surface area contributed by atoms with Gasteiger partial charge in [-0.1, -0.05) is 52.0 Å². The van der Waals surface area contributed by atoms with E-state index in [1.807, 2.05) is 17.4 Å². The van der Waals surface area contributed by atoms with Crippen molar-refractivity contribution in [1.82, 2.24) is 4.98 Å². The number of nitrogens with zero attached hydrogens (tertiary/aromatic N) is 1. The lowest BCUT2D eigenvalue weighted by Crippen LogP contribution is -2.10. The third-order valence-electron chi connectivity index (χ3n) is 4.61. The number of aryl methyl sites for hydroxylation is 1. The van der Waals surface area contributed by atoms with Gasteiger partial charge in [0.1, 0.15) is 0 Å². The van der Waals surface area contributed by atoms with E-state index in [9.17, 15) is 0 Å². The minimum Gasteiger partial charge on any atom is -0.246 e. The molecule has 112 valence electrons. The van der Waals surface area contributed by atoms with Crippen molar-refractivity contribution in [1.29, 1.82) is 0 Å². The lowest BCUT2D eigenvalue weighted by molar-refractivity contribution is 0.354. The van der Waals surface area contributed by atoms with Crippen LogP contribution in [0.5, 0.6) is 0 Å². The van der Waals surface area contributed by atoms with E-state index in [2.05, 4.69) is 20.4 Å². The zero-order valence-electron chi connectivity index (χ0n) is 13.2. The van der Waals surface area contributed by atoms with Gasteiger partial charge in [0.05, 0.1) is 10.7 Å². The highest BCUT2D eigenvalue weighted by molar-refractivity contribution is 7.11. The van der Waals surface area contributed by atoms with Crippen LogP contribution in [0.25, 0.3) is 0 Å². The minimum absolute atomic E-state index is 0.614. The predicted molar refractivity (Wildman–Crippen MR) is 89.6 cm³/mol. The Morgan fingerprint density at radius 2 is 2.10 bits per heavy atom. The summed E-state index contributed by atoms with van der Waals surface area (Å²) in [6.45, 7) is 8.43. The van der Waals surface area contributed by atoms with Crippen molar-refractivity contribution in [3.63, 3.8) is 0 Å². The van der Waals surface area contributed by atoms with E-state index in [0.29, 0.717) is 5.92 Å². The Hall–Kier alpha value is -0.630. The summed E-state index contributed by atoms with van der Waals surface area (Å²) in [4.78, 5) is 6.55. The molecule has 1 aromatic rings. The molecule has 0 spiro atoms. The quantitative estimate of drug-likeness (QED) is 0.570. The molecular formula is C18H29NS. The predicted octanol–water partition coefficient (Wildman–Crippen LogP) is 5.90. The van der Waals surface area contributed by atoms with Crippen LogP contribution in [0.4, 0.5) is 0 Å². The van der Waals surface area contributed by atoms with E-state index >= 15 is 0 Å². The van der Waals surface area contributed by atoms with Gasteiger partial charge >= 0.3 is 0 Å². The molecule has 1 unspecified atom stereocenters. The van der Waals surface area contributed by atoms with E-state index < -0.39 is 0 Å². The summed E-state index contributed by atoms with van der Waals surface area (Å²) in [7, 11) is 0. The number of aromatic nitrogens is 1. The molecule has 0 aromatic carbocycles. The van der Waals surface area contributed by atoms with Crippen LogP contribution in [0.15, 0.2) is 12.7 Å². The van der Waals surface area contributed by atoms with Gasteiger partial charge in [-0.2, -0.15) is 0 Å². The fraction of sp³-hybridized carbons (Fsp3) is 0.722. The highest BCUT2D eigenvalue weighted by atomic mass is 32.1. The summed E-state index contributed by atoms with van der Waals surface area (Å²) in [6, 6.07) is 0. The summed E-state index contributed by atoms with van der Waals surface area (Å²) >= 11 is 1.96. The molecule has 0 saturated heterocycles. The molecule has 1 heterocycles. The van der Waals surface area contributed by atoms with Crippen molar-refractivity contribution in [3.8, 4) is 0 Å². The molecule has 2 rings (SSSR count). The summed E-state index contributed by atoms with van der Waals surface area (Å²) in [5.41, 5.74) is 1.42. The van der Waals surface area contributed by atoms with Gasteiger partial charge in [0, 0.05) is 10.8 Å². The molecule has 2 heteroatoms. The maximum atomic E-state index is 5.01. The number of hydrogen-bond donors (Lipinski definition) is 0. The second-order valence-electron chi connectivity index (χ2n) is 6.27. The van der Waals surface area contributed by atoms with Crippen LogP contribution in [-0.4, -0.2) is 4.98 Å². The van der Waals surface area contributed by atoms with Crippen LogP contribution in [0.3, 0.4) is 0 Å². The zero-order valence-corrected chi connectivity index (χ0v) is 14.0. The van der Waals surface area contributed by atoms with E-state index in [1.54, 1.807) is 0 Å². The normalized spacial score (nSPS) is 18.1. The highest BCUT2D eigenvalue weighted by Gasteiger charge is 2.20. The Morgan fingerprint density at radius 1 is 1.35 bits per heavy atom. The molecule has 0 aliphatic heterocycles. The Labute approximate surface area is 128 Å². The molecule has 1 atom stereocenters. The third kappa shape index (κ3) is 4.18. The molecule has 0 N–H and O–H groups in total. The van der Waals surface area contributed by atoms with Gasteiger partial charge < -0.3 is 0 Å². The largest absolute Gasteiger partial charge is 0.246 e. The first kappa shape index (κ1) is 15.8. The van der Waals surface area contributed by atoms with Crippen LogP contribution in [-0.2, 0) is 12.8 Å². The average Bonchev–Trinajstić information content (AvgIpc) is 2.88. The molecule has 0 radical (unpaired) electrons. The topological polar surface area (TPSA) is 12.9 Å². The minimum atomic E-state index is 0.614. The van der Waals surface area contributed by atoms with Crippen molar-refractivity contribution in [3.05, 3.63) is 28.2 Å². The first-order valence-electron chi connectivity index (χ1n) is 8.34. The standard InChI is InChI=1S/C18H29NS/c1-4-6-12-17-16(13-15-10-8-7-9-11-15)19-18(20-17)14(3)5-2/h4,14-15H,1,5-13H2,2-3H3. The molecule has 1 fully saturated rings. The highest BCUT2D eigenvalue weighted by Crippen LogP contribution is 2.32. The van der Waals surface area contributed by atoms with Crippen molar-refractivity contribution < 1.29 is 0 Å². The number of allylic oxidation sites excluding steroid dienone is 1. The molecule has 1 saturated carbocycles. The van der Waals surface area contributed by atoms with Crippen molar-refractivity contribution in [2.75, 3.05) is 0 Å². The van der Waals surface area contributed by atoms with Crippen LogP contribution in [0.1, 0.15) is 80.3 Å². The van der Waals surface area contributed by atoms with Crippen LogP contribution < -0.4 is 0 Å². The molecular weight excluding hydrogens is 262 g/mol. The van der Waals surface area contributed by atoms with Crippen LogP contribution in [0, 0.1) is 5.92 Å². The first-order chi connectivity index (χ1) is 9.74. The third-order valence-corrected chi connectivity index (χ3v) is 6.00. The molecule has 1 aliphatic carbocycles. The lowest BCUT2D eigenvalue weighted by Gasteiger charge is -2.21. The molecule has 1 aromatic heterocycles. The Morgan fingerprint density at radius 3 is 2.75 bits per heavy atom. The van der Waals surface area contributed by atoms with Gasteiger partial charge in [-0.15, -0.1) is 17.9 Å². The monoisotopic (exact) mass is 291 g/mol. The summed E-state index contributed by atoms with van der Waals surface area (Å²) in [6.07, 6.45) is 13.8. The number of thiazole rings is 1. The van der Waals surface area contributed by atoms with Gasteiger partial charge in [-0.25, -0.2) is 4.98 Å². The SMILES string of the molecule is C=CCCc1sc(C(C)CC)nc1CC1CCCCC1. The van der Waals surface area contributed by atoms with Crippen molar-refractivity contribution >= 4 is 11.3 Å². The van der Waals surface area contributed by atoms with Crippen molar-refractivity contribution in [2.45, 2.75) is 77.6 Å². The molecule has 0 bridgehead atoms. The van der Waals surface area contributed by atoms with E-state index in [4.69, 9.17) is 4.98 Å². The Bertz CT molecular complexity index is 415. The summed E-state index contributed by atoms with van der Waals surface area (Å²) in [5.74, 6) is 1.50. The van der Waals surface area contributed by atoms with E-state index in [0.717, 1.165) is 18.8 Å². The van der Waals surface area contributed by atoms with Gasteiger partial charge in [0.25, 0.3) is 0 Å². The van der Waals surface area contributed by atoms with Gasteiger partial charge in [-0.3, -0.25) is 0 Å². The average molecular weight is 292 g/mol. The van der Waals surface area contributed by atoms with Gasteiger partial charge in [0.15, 0.2) is 0 Å². The Kier molecular flexibility index (Phi) is 6.28. The summed E-state index contributed by atoms with van der Waals surface area (Å²) < 4.78 is 0. The molecule has 20 heavy (non-hydrogen) atoms. The number of rotatable bonds is 7. The van der Waals surface area contributed by atoms with Gasteiger partial charge in [0.2, 0.25) is 0 Å². The molecule has 1 nitrogen and oxygen atoms in total. The molecule has 0 amide bonds. The summed E-state index contributed by atoms with van der Waals surface area (Å²) in [5, 5.41) is 1.36. The number of hydrogen-bond acceptors (Lipinski definition) is 2. The van der Waals surface area contributed by atoms with E-state index in [1.165, 1.54) is 60.5 Å². The maximum Gasteiger partial charge on any atom is 0.0959 e. The second-order valence-corrected chi connectivity index (χ2v) is 7.38. The van der Waals surface area contributed by atoms with Gasteiger partial charge in [-0.05, 0) is 31.6 Å². The van der Waals surface area contributed by atoms with Crippen LogP contribution >= 0.6 is 11.3 Å². The zero-order chi connectivity index (χ0) is 14.4. The fourth-order valence-electron chi connectivity index (χ4n) is 3.04. The lowest BCUT2D eigenvalue weighted by atomic mass is 9.86. The second kappa shape index (κ2) is 7.97. The van der Waals surface area contributed by atoms with Crippen LogP contribution in [0.2, 0.25) is 0 Å². The smallest absolute Gasteiger partial charge is 0.0959 e. The van der Waals surface area contributed by atoms with E-state index in [-0.39, 0.29) is 0 Å². The Balaban J connectivity index is 2.10.